The first-order valence-corrected chi connectivity index (χ1v) is 10.2. The zero-order chi connectivity index (χ0) is 16.8. The van der Waals surface area contributed by atoms with Gasteiger partial charge in [-0.1, -0.05) is 68.7 Å². The molecule has 1 saturated heterocycles. The van der Waals surface area contributed by atoms with E-state index in [4.69, 9.17) is 11.6 Å². The number of halogens is 1. The maximum atomic E-state index is 9.40. The molecule has 0 spiro atoms. The number of hydrogen-bond acceptors (Lipinski definition) is 2. The van der Waals surface area contributed by atoms with E-state index in [9.17, 15) is 5.11 Å². The molecule has 1 aliphatic carbocycles. The molecule has 24 heavy (non-hydrogen) atoms. The van der Waals surface area contributed by atoms with Crippen molar-refractivity contribution < 1.29 is 5.11 Å². The molecule has 3 heteroatoms. The Bertz CT molecular complexity index is 483. The molecule has 2 aliphatic rings. The lowest BCUT2D eigenvalue weighted by Crippen LogP contribution is -2.38. The van der Waals surface area contributed by atoms with Gasteiger partial charge in [0, 0.05) is 17.6 Å². The minimum Gasteiger partial charge on any atom is -0.395 e. The SMILES string of the molecule is OCCN1CCC(CCC2CCCCC2)CC1c1ccc(Cl)cc1. The van der Waals surface area contributed by atoms with Gasteiger partial charge in [0.2, 0.25) is 0 Å². The quantitative estimate of drug-likeness (QED) is 0.738. The molecule has 1 aromatic rings. The second-order valence-electron chi connectivity index (χ2n) is 7.80. The van der Waals surface area contributed by atoms with E-state index >= 15 is 0 Å². The van der Waals surface area contributed by atoms with Crippen molar-refractivity contribution in [1.82, 2.24) is 4.90 Å². The van der Waals surface area contributed by atoms with Gasteiger partial charge in [-0.3, -0.25) is 4.90 Å². The lowest BCUT2D eigenvalue weighted by atomic mass is 9.80. The number of likely N-dealkylation sites (tertiary alicyclic amines) is 1. The molecular weight excluding hydrogens is 318 g/mol. The second kappa shape index (κ2) is 9.22. The summed E-state index contributed by atoms with van der Waals surface area (Å²) in [7, 11) is 0. The van der Waals surface area contributed by atoms with Crippen molar-refractivity contribution in [3.8, 4) is 0 Å². The number of benzene rings is 1. The van der Waals surface area contributed by atoms with Crippen molar-refractivity contribution in [2.24, 2.45) is 11.8 Å². The summed E-state index contributed by atoms with van der Waals surface area (Å²) >= 11 is 6.06. The molecule has 3 rings (SSSR count). The highest BCUT2D eigenvalue weighted by Gasteiger charge is 2.29. The largest absolute Gasteiger partial charge is 0.395 e. The summed E-state index contributed by atoms with van der Waals surface area (Å²) in [5.74, 6) is 1.82. The third kappa shape index (κ3) is 4.97. The molecule has 0 radical (unpaired) electrons. The summed E-state index contributed by atoms with van der Waals surface area (Å²) in [6.45, 7) is 2.14. The standard InChI is InChI=1S/C21H32ClNO/c22-20-10-8-19(9-11-20)21-16-18(12-13-23(21)14-15-24)7-6-17-4-2-1-3-5-17/h8-11,17-18,21,24H,1-7,12-16H2. The van der Waals surface area contributed by atoms with Crippen LogP contribution in [-0.4, -0.2) is 29.7 Å². The summed E-state index contributed by atoms with van der Waals surface area (Å²) in [5, 5.41) is 10.2. The Balaban J connectivity index is 1.59. The Hall–Kier alpha value is -0.570. The van der Waals surface area contributed by atoms with Crippen LogP contribution in [0.5, 0.6) is 0 Å². The van der Waals surface area contributed by atoms with Gasteiger partial charge in [0.1, 0.15) is 0 Å². The summed E-state index contributed by atoms with van der Waals surface area (Å²) < 4.78 is 0. The topological polar surface area (TPSA) is 23.5 Å². The van der Waals surface area contributed by atoms with Crippen LogP contribution in [0.25, 0.3) is 0 Å². The normalized spacial score (nSPS) is 26.6. The molecule has 1 N–H and O–H groups in total. The van der Waals surface area contributed by atoms with E-state index in [1.54, 1.807) is 0 Å². The molecule has 134 valence electrons. The van der Waals surface area contributed by atoms with Crippen molar-refractivity contribution >= 4 is 11.6 Å². The molecule has 0 bridgehead atoms. The van der Waals surface area contributed by atoms with Gasteiger partial charge in [-0.05, 0) is 48.9 Å². The Labute approximate surface area is 152 Å². The number of piperidine rings is 1. The van der Waals surface area contributed by atoms with E-state index in [-0.39, 0.29) is 6.61 Å². The van der Waals surface area contributed by atoms with Crippen LogP contribution in [0, 0.1) is 11.8 Å². The van der Waals surface area contributed by atoms with E-state index in [1.807, 2.05) is 12.1 Å². The van der Waals surface area contributed by atoms with Crippen molar-refractivity contribution in [3.63, 3.8) is 0 Å². The maximum Gasteiger partial charge on any atom is 0.0558 e. The number of nitrogens with zero attached hydrogens (tertiary/aromatic N) is 1. The van der Waals surface area contributed by atoms with Crippen LogP contribution in [0.15, 0.2) is 24.3 Å². The van der Waals surface area contributed by atoms with Crippen LogP contribution in [0.3, 0.4) is 0 Å². The van der Waals surface area contributed by atoms with Gasteiger partial charge in [0.15, 0.2) is 0 Å². The second-order valence-corrected chi connectivity index (χ2v) is 8.24. The molecule has 2 atom stereocenters. The zero-order valence-electron chi connectivity index (χ0n) is 14.8. The number of aliphatic hydroxyl groups is 1. The predicted octanol–water partition coefficient (Wildman–Crippen LogP) is 5.45. The van der Waals surface area contributed by atoms with E-state index in [1.165, 1.54) is 63.4 Å². The molecular formula is C21H32ClNO. The first-order valence-electron chi connectivity index (χ1n) is 9.86. The third-order valence-corrected chi connectivity index (χ3v) is 6.42. The highest BCUT2D eigenvalue weighted by molar-refractivity contribution is 6.30. The van der Waals surface area contributed by atoms with Crippen molar-refractivity contribution in [3.05, 3.63) is 34.9 Å². The van der Waals surface area contributed by atoms with E-state index in [0.29, 0.717) is 6.04 Å². The third-order valence-electron chi connectivity index (χ3n) is 6.17. The summed E-state index contributed by atoms with van der Waals surface area (Å²) in [5.41, 5.74) is 1.36. The lowest BCUT2D eigenvalue weighted by Gasteiger charge is -2.40. The van der Waals surface area contributed by atoms with Gasteiger partial charge >= 0.3 is 0 Å². The molecule has 1 heterocycles. The Kier molecular flexibility index (Phi) is 7.00. The zero-order valence-corrected chi connectivity index (χ0v) is 15.6. The van der Waals surface area contributed by atoms with Crippen LogP contribution >= 0.6 is 11.6 Å². The fraction of sp³-hybridized carbons (Fsp3) is 0.714. The van der Waals surface area contributed by atoms with Crippen LogP contribution in [0.4, 0.5) is 0 Å². The molecule has 0 amide bonds. The minimum atomic E-state index is 0.247. The van der Waals surface area contributed by atoms with Gasteiger partial charge in [-0.25, -0.2) is 0 Å². The number of hydrogen-bond donors (Lipinski definition) is 1. The van der Waals surface area contributed by atoms with E-state index in [2.05, 4.69) is 17.0 Å². The first-order chi connectivity index (χ1) is 11.8. The lowest BCUT2D eigenvalue weighted by molar-refractivity contribution is 0.0835. The summed E-state index contributed by atoms with van der Waals surface area (Å²) in [4.78, 5) is 2.46. The predicted molar refractivity (Wildman–Crippen MR) is 101 cm³/mol. The maximum absolute atomic E-state index is 9.40. The van der Waals surface area contributed by atoms with Gasteiger partial charge in [-0.15, -0.1) is 0 Å². The summed E-state index contributed by atoms with van der Waals surface area (Å²) in [6, 6.07) is 8.78. The number of β-amino-alcohol motifs (C(OH)–C–C–N with tert-alkyl or cyclic N) is 1. The Morgan fingerprint density at radius 3 is 2.38 bits per heavy atom. The van der Waals surface area contributed by atoms with Gasteiger partial charge in [0.05, 0.1) is 6.61 Å². The van der Waals surface area contributed by atoms with Crippen LogP contribution in [0.2, 0.25) is 5.02 Å². The molecule has 1 aromatic carbocycles. The number of rotatable bonds is 6. The molecule has 2 unspecified atom stereocenters. The minimum absolute atomic E-state index is 0.247. The van der Waals surface area contributed by atoms with Crippen molar-refractivity contribution in [2.45, 2.75) is 63.8 Å². The van der Waals surface area contributed by atoms with Gasteiger partial charge in [0.25, 0.3) is 0 Å². The smallest absolute Gasteiger partial charge is 0.0558 e. The molecule has 0 aromatic heterocycles. The van der Waals surface area contributed by atoms with E-state index in [0.717, 1.165) is 29.9 Å². The van der Waals surface area contributed by atoms with Crippen molar-refractivity contribution in [2.75, 3.05) is 19.7 Å². The monoisotopic (exact) mass is 349 g/mol. The van der Waals surface area contributed by atoms with Crippen LogP contribution < -0.4 is 0 Å². The highest BCUT2D eigenvalue weighted by atomic mass is 35.5. The van der Waals surface area contributed by atoms with Crippen LogP contribution in [0.1, 0.15) is 69.4 Å². The first kappa shape index (κ1) is 18.2. The molecule has 1 aliphatic heterocycles. The average Bonchev–Trinajstić information content (AvgIpc) is 2.63. The summed E-state index contributed by atoms with van der Waals surface area (Å²) in [6.07, 6.45) is 12.6. The molecule has 1 saturated carbocycles. The average molecular weight is 350 g/mol. The fourth-order valence-corrected chi connectivity index (χ4v) is 4.85. The van der Waals surface area contributed by atoms with Gasteiger partial charge in [-0.2, -0.15) is 0 Å². The van der Waals surface area contributed by atoms with Crippen LogP contribution in [-0.2, 0) is 0 Å². The molecule has 2 nitrogen and oxygen atoms in total. The fourth-order valence-electron chi connectivity index (χ4n) is 4.72. The Morgan fingerprint density at radius 2 is 1.67 bits per heavy atom. The van der Waals surface area contributed by atoms with Crippen molar-refractivity contribution in [1.29, 1.82) is 0 Å². The highest BCUT2D eigenvalue weighted by Crippen LogP contribution is 2.38. The Morgan fingerprint density at radius 1 is 0.958 bits per heavy atom. The molecule has 2 fully saturated rings. The van der Waals surface area contributed by atoms with E-state index < -0.39 is 0 Å². The van der Waals surface area contributed by atoms with Gasteiger partial charge < -0.3 is 5.11 Å². The number of aliphatic hydroxyl groups excluding tert-OH is 1.